The molecule has 1 aromatic carbocycles. The Kier molecular flexibility index (Phi) is 3.43. The van der Waals surface area contributed by atoms with Crippen LogP contribution in [0.5, 0.6) is 0 Å². The number of rotatable bonds is 3. The standard InChI is InChI=1S/C11H9F2N3S/c1-7-6-17-11(15-7)16-14-5-8-2-9(12)4-10(13)3-8/h2-6H,1H3,(H,15,16). The first-order valence-electron chi connectivity index (χ1n) is 4.81. The van der Waals surface area contributed by atoms with E-state index in [0.29, 0.717) is 10.7 Å². The summed E-state index contributed by atoms with van der Waals surface area (Å²) >= 11 is 1.41. The average Bonchev–Trinajstić information content (AvgIpc) is 2.63. The maximum Gasteiger partial charge on any atom is 0.203 e. The zero-order chi connectivity index (χ0) is 12.3. The highest BCUT2D eigenvalue weighted by atomic mass is 32.1. The van der Waals surface area contributed by atoms with Gasteiger partial charge in [-0.05, 0) is 19.1 Å². The molecule has 0 atom stereocenters. The van der Waals surface area contributed by atoms with Gasteiger partial charge in [0.1, 0.15) is 11.6 Å². The predicted molar refractivity (Wildman–Crippen MR) is 64.4 cm³/mol. The van der Waals surface area contributed by atoms with Crippen molar-refractivity contribution >= 4 is 22.7 Å². The summed E-state index contributed by atoms with van der Waals surface area (Å²) in [6, 6.07) is 3.21. The van der Waals surface area contributed by atoms with E-state index in [9.17, 15) is 8.78 Å². The molecule has 2 rings (SSSR count). The van der Waals surface area contributed by atoms with E-state index in [4.69, 9.17) is 0 Å². The molecule has 0 radical (unpaired) electrons. The second-order valence-electron chi connectivity index (χ2n) is 3.37. The highest BCUT2D eigenvalue weighted by molar-refractivity contribution is 7.13. The van der Waals surface area contributed by atoms with E-state index in [1.807, 2.05) is 12.3 Å². The first-order chi connectivity index (χ1) is 8.13. The number of thiazole rings is 1. The van der Waals surface area contributed by atoms with E-state index in [0.717, 1.165) is 11.8 Å². The Balaban J connectivity index is 2.05. The van der Waals surface area contributed by atoms with Gasteiger partial charge in [-0.1, -0.05) is 0 Å². The van der Waals surface area contributed by atoms with E-state index in [2.05, 4.69) is 15.5 Å². The zero-order valence-corrected chi connectivity index (χ0v) is 9.76. The van der Waals surface area contributed by atoms with Gasteiger partial charge in [-0.2, -0.15) is 5.10 Å². The lowest BCUT2D eigenvalue weighted by molar-refractivity contribution is 0.583. The summed E-state index contributed by atoms with van der Waals surface area (Å²) in [7, 11) is 0. The second-order valence-corrected chi connectivity index (χ2v) is 4.22. The number of hydrogen-bond acceptors (Lipinski definition) is 4. The Bertz CT molecular complexity index is 531. The van der Waals surface area contributed by atoms with Crippen molar-refractivity contribution in [2.75, 3.05) is 5.43 Å². The lowest BCUT2D eigenvalue weighted by atomic mass is 10.2. The molecule has 0 fully saturated rings. The largest absolute Gasteiger partial charge is 0.253 e. The number of halogens is 2. The van der Waals surface area contributed by atoms with Gasteiger partial charge in [0.15, 0.2) is 0 Å². The number of nitrogens with zero attached hydrogens (tertiary/aromatic N) is 2. The molecule has 17 heavy (non-hydrogen) atoms. The fraction of sp³-hybridized carbons (Fsp3) is 0.0909. The monoisotopic (exact) mass is 253 g/mol. The third-order valence-electron chi connectivity index (χ3n) is 1.88. The summed E-state index contributed by atoms with van der Waals surface area (Å²) in [5.74, 6) is -1.26. The minimum atomic E-state index is -0.628. The maximum absolute atomic E-state index is 12.8. The van der Waals surface area contributed by atoms with Crippen LogP contribution in [0.25, 0.3) is 0 Å². The third-order valence-corrected chi connectivity index (χ3v) is 2.74. The van der Waals surface area contributed by atoms with Crippen LogP contribution >= 0.6 is 11.3 Å². The van der Waals surface area contributed by atoms with E-state index in [1.165, 1.54) is 29.7 Å². The fourth-order valence-electron chi connectivity index (χ4n) is 1.22. The van der Waals surface area contributed by atoms with Crippen LogP contribution in [0.15, 0.2) is 28.7 Å². The summed E-state index contributed by atoms with van der Waals surface area (Å²) in [6.07, 6.45) is 1.34. The van der Waals surface area contributed by atoms with Crippen molar-refractivity contribution in [2.24, 2.45) is 5.10 Å². The molecular formula is C11H9F2N3S. The second kappa shape index (κ2) is 5.01. The van der Waals surface area contributed by atoms with Crippen LogP contribution in [-0.2, 0) is 0 Å². The third kappa shape index (κ3) is 3.32. The van der Waals surface area contributed by atoms with Crippen LogP contribution in [0.2, 0.25) is 0 Å². The van der Waals surface area contributed by atoms with E-state index in [1.54, 1.807) is 0 Å². The first-order valence-corrected chi connectivity index (χ1v) is 5.69. The smallest absolute Gasteiger partial charge is 0.203 e. The van der Waals surface area contributed by atoms with Gasteiger partial charge in [-0.25, -0.2) is 13.8 Å². The molecular weight excluding hydrogens is 244 g/mol. The van der Waals surface area contributed by atoms with Gasteiger partial charge < -0.3 is 0 Å². The molecule has 0 saturated carbocycles. The lowest BCUT2D eigenvalue weighted by Gasteiger charge is -1.95. The van der Waals surface area contributed by atoms with Gasteiger partial charge in [0, 0.05) is 17.0 Å². The fourth-order valence-corrected chi connectivity index (χ4v) is 1.85. The van der Waals surface area contributed by atoms with Crippen molar-refractivity contribution in [3.05, 3.63) is 46.5 Å². The molecule has 0 aliphatic heterocycles. The summed E-state index contributed by atoms with van der Waals surface area (Å²) in [5.41, 5.74) is 3.93. The maximum atomic E-state index is 12.8. The van der Waals surface area contributed by atoms with Gasteiger partial charge in [0.2, 0.25) is 5.13 Å². The normalized spacial score (nSPS) is 11.0. The lowest BCUT2D eigenvalue weighted by Crippen LogP contribution is -1.92. The van der Waals surface area contributed by atoms with Crippen molar-refractivity contribution < 1.29 is 8.78 Å². The Morgan fingerprint density at radius 3 is 2.59 bits per heavy atom. The van der Waals surface area contributed by atoms with Gasteiger partial charge in [0.05, 0.1) is 11.9 Å². The van der Waals surface area contributed by atoms with Gasteiger partial charge >= 0.3 is 0 Å². The van der Waals surface area contributed by atoms with Gasteiger partial charge in [-0.15, -0.1) is 11.3 Å². The number of nitrogens with one attached hydrogen (secondary N) is 1. The number of hydrazone groups is 1. The van der Waals surface area contributed by atoms with Crippen LogP contribution in [0, 0.1) is 18.6 Å². The molecule has 0 saturated heterocycles. The minimum absolute atomic E-state index is 0.350. The van der Waals surface area contributed by atoms with Crippen molar-refractivity contribution in [3.8, 4) is 0 Å². The number of aryl methyl sites for hydroxylation is 1. The highest BCUT2D eigenvalue weighted by Crippen LogP contribution is 2.14. The summed E-state index contributed by atoms with van der Waals surface area (Å²) < 4.78 is 25.7. The predicted octanol–water partition coefficient (Wildman–Crippen LogP) is 3.18. The molecule has 0 amide bonds. The zero-order valence-electron chi connectivity index (χ0n) is 8.95. The minimum Gasteiger partial charge on any atom is -0.253 e. The molecule has 1 heterocycles. The van der Waals surface area contributed by atoms with Gasteiger partial charge in [0.25, 0.3) is 0 Å². The number of hydrogen-bond donors (Lipinski definition) is 1. The summed E-state index contributed by atoms with van der Waals surface area (Å²) in [4.78, 5) is 4.12. The van der Waals surface area contributed by atoms with Crippen molar-refractivity contribution in [3.63, 3.8) is 0 Å². The van der Waals surface area contributed by atoms with Crippen LogP contribution in [-0.4, -0.2) is 11.2 Å². The van der Waals surface area contributed by atoms with E-state index >= 15 is 0 Å². The molecule has 0 aliphatic carbocycles. The molecule has 2 aromatic rings. The van der Waals surface area contributed by atoms with Crippen LogP contribution < -0.4 is 5.43 Å². The molecule has 1 aromatic heterocycles. The Hall–Kier alpha value is -1.82. The molecule has 0 unspecified atom stereocenters. The molecule has 0 aliphatic rings. The van der Waals surface area contributed by atoms with Crippen molar-refractivity contribution in [1.82, 2.24) is 4.98 Å². The highest BCUT2D eigenvalue weighted by Gasteiger charge is 1.98. The Labute approximate surface area is 101 Å². The van der Waals surface area contributed by atoms with Crippen molar-refractivity contribution in [2.45, 2.75) is 6.92 Å². The topological polar surface area (TPSA) is 37.3 Å². The average molecular weight is 253 g/mol. The number of anilines is 1. The number of benzene rings is 1. The molecule has 6 heteroatoms. The molecule has 3 nitrogen and oxygen atoms in total. The molecule has 0 spiro atoms. The number of aromatic nitrogens is 1. The summed E-state index contributed by atoms with van der Waals surface area (Å²) in [5, 5.41) is 6.36. The SMILES string of the molecule is Cc1csc(NN=Cc2cc(F)cc(F)c2)n1. The van der Waals surface area contributed by atoms with Crippen LogP contribution in [0.1, 0.15) is 11.3 Å². The van der Waals surface area contributed by atoms with E-state index < -0.39 is 11.6 Å². The molecule has 0 bridgehead atoms. The summed E-state index contributed by atoms with van der Waals surface area (Å²) in [6.45, 7) is 1.87. The van der Waals surface area contributed by atoms with Crippen LogP contribution in [0.3, 0.4) is 0 Å². The quantitative estimate of drug-likeness (QED) is 0.673. The Morgan fingerprint density at radius 1 is 1.29 bits per heavy atom. The molecule has 1 N–H and O–H groups in total. The van der Waals surface area contributed by atoms with Crippen molar-refractivity contribution in [1.29, 1.82) is 0 Å². The van der Waals surface area contributed by atoms with Crippen LogP contribution in [0.4, 0.5) is 13.9 Å². The van der Waals surface area contributed by atoms with E-state index in [-0.39, 0.29) is 0 Å². The first kappa shape index (κ1) is 11.7. The Morgan fingerprint density at radius 2 is 2.00 bits per heavy atom. The van der Waals surface area contributed by atoms with Gasteiger partial charge in [-0.3, -0.25) is 5.43 Å². The molecule has 88 valence electrons.